The normalized spacial score (nSPS) is 11.2. The second-order valence-electron chi connectivity index (χ2n) is 3.95. The van der Waals surface area contributed by atoms with Gasteiger partial charge in [0.15, 0.2) is 6.61 Å². The van der Waals surface area contributed by atoms with Crippen molar-refractivity contribution in [3.8, 4) is 5.75 Å². The van der Waals surface area contributed by atoms with Crippen molar-refractivity contribution in [1.82, 2.24) is 5.32 Å². The minimum atomic E-state index is -4.51. The van der Waals surface area contributed by atoms with Gasteiger partial charge in [-0.2, -0.15) is 13.2 Å². The number of ether oxygens (including phenoxy) is 1. The number of rotatable bonds is 6. The van der Waals surface area contributed by atoms with Crippen LogP contribution in [0, 0.1) is 5.82 Å². The highest BCUT2D eigenvalue weighted by Gasteiger charge is 2.29. The van der Waals surface area contributed by atoms with Gasteiger partial charge in [-0.05, 0) is 19.2 Å². The largest absolute Gasteiger partial charge is 0.482 e. The lowest BCUT2D eigenvalue weighted by molar-refractivity contribution is -0.153. The first-order valence-electron chi connectivity index (χ1n) is 5.75. The van der Waals surface area contributed by atoms with Crippen LogP contribution in [-0.4, -0.2) is 32.3 Å². The number of benzene rings is 1. The summed E-state index contributed by atoms with van der Waals surface area (Å²) >= 11 is 0. The standard InChI is InChI=1S/C12H14F4N2O2/c1-17-5-4-11(19)18-9-6-8(13)2-3-10(9)20-7-12(14,15)16/h2-3,6,17H,4-5,7H2,1H3,(H,18,19). The molecule has 0 aliphatic carbocycles. The number of hydrogen-bond donors (Lipinski definition) is 2. The minimum Gasteiger partial charge on any atom is -0.482 e. The Hall–Kier alpha value is -1.83. The predicted molar refractivity (Wildman–Crippen MR) is 65.1 cm³/mol. The Bertz CT molecular complexity index is 463. The van der Waals surface area contributed by atoms with Crippen molar-refractivity contribution in [1.29, 1.82) is 0 Å². The molecule has 0 bridgehead atoms. The molecule has 1 rings (SSSR count). The third-order valence-electron chi connectivity index (χ3n) is 2.21. The average Bonchev–Trinajstić information content (AvgIpc) is 2.34. The van der Waals surface area contributed by atoms with Crippen molar-refractivity contribution in [2.24, 2.45) is 0 Å². The molecule has 0 aliphatic rings. The molecule has 1 amide bonds. The van der Waals surface area contributed by atoms with E-state index >= 15 is 0 Å². The Morgan fingerprint density at radius 3 is 2.65 bits per heavy atom. The monoisotopic (exact) mass is 294 g/mol. The first-order chi connectivity index (χ1) is 9.31. The van der Waals surface area contributed by atoms with E-state index in [2.05, 4.69) is 15.4 Å². The van der Waals surface area contributed by atoms with Gasteiger partial charge in [-0.15, -0.1) is 0 Å². The zero-order valence-corrected chi connectivity index (χ0v) is 10.7. The Balaban J connectivity index is 2.77. The first kappa shape index (κ1) is 16.2. The summed E-state index contributed by atoms with van der Waals surface area (Å²) < 4.78 is 53.9. The zero-order valence-electron chi connectivity index (χ0n) is 10.7. The molecule has 0 saturated carbocycles. The molecule has 1 aromatic rings. The third kappa shape index (κ3) is 5.87. The summed E-state index contributed by atoms with van der Waals surface area (Å²) in [6, 6.07) is 2.90. The Morgan fingerprint density at radius 2 is 2.05 bits per heavy atom. The lowest BCUT2D eigenvalue weighted by atomic mass is 10.2. The second kappa shape index (κ2) is 7.09. The van der Waals surface area contributed by atoms with E-state index in [4.69, 9.17) is 0 Å². The lowest BCUT2D eigenvalue weighted by Crippen LogP contribution is -2.21. The van der Waals surface area contributed by atoms with E-state index in [0.717, 1.165) is 18.2 Å². The first-order valence-corrected chi connectivity index (χ1v) is 5.75. The van der Waals surface area contributed by atoms with Gasteiger partial charge in [0, 0.05) is 19.0 Å². The van der Waals surface area contributed by atoms with Gasteiger partial charge in [0.1, 0.15) is 11.6 Å². The number of carbonyl (C=O) groups is 1. The molecule has 0 spiro atoms. The minimum absolute atomic E-state index is 0.103. The van der Waals surface area contributed by atoms with Crippen LogP contribution in [-0.2, 0) is 4.79 Å². The third-order valence-corrected chi connectivity index (χ3v) is 2.21. The van der Waals surface area contributed by atoms with Crippen LogP contribution in [0.25, 0.3) is 0 Å². The maximum Gasteiger partial charge on any atom is 0.422 e. The van der Waals surface area contributed by atoms with Gasteiger partial charge in [0.05, 0.1) is 5.69 Å². The van der Waals surface area contributed by atoms with E-state index in [1.54, 1.807) is 7.05 Å². The number of halogens is 4. The molecule has 1 aromatic carbocycles. The molecule has 2 N–H and O–H groups in total. The highest BCUT2D eigenvalue weighted by molar-refractivity contribution is 5.92. The smallest absolute Gasteiger partial charge is 0.422 e. The highest BCUT2D eigenvalue weighted by atomic mass is 19.4. The fourth-order valence-electron chi connectivity index (χ4n) is 1.34. The van der Waals surface area contributed by atoms with Gasteiger partial charge in [-0.1, -0.05) is 0 Å². The number of nitrogens with one attached hydrogen (secondary N) is 2. The zero-order chi connectivity index (χ0) is 15.2. The molecule has 0 radical (unpaired) electrons. The second-order valence-corrected chi connectivity index (χ2v) is 3.95. The maximum absolute atomic E-state index is 13.1. The Kier molecular flexibility index (Phi) is 5.75. The van der Waals surface area contributed by atoms with Gasteiger partial charge in [-0.25, -0.2) is 4.39 Å². The Morgan fingerprint density at radius 1 is 1.35 bits per heavy atom. The van der Waals surface area contributed by atoms with Gasteiger partial charge >= 0.3 is 6.18 Å². The van der Waals surface area contributed by atoms with Crippen molar-refractivity contribution in [2.45, 2.75) is 12.6 Å². The van der Waals surface area contributed by atoms with Crippen molar-refractivity contribution in [3.63, 3.8) is 0 Å². The quantitative estimate of drug-likeness (QED) is 0.792. The van der Waals surface area contributed by atoms with E-state index in [0.29, 0.717) is 6.54 Å². The molecule has 0 heterocycles. The maximum atomic E-state index is 13.1. The van der Waals surface area contributed by atoms with Crippen LogP contribution in [0.2, 0.25) is 0 Å². The van der Waals surface area contributed by atoms with Crippen LogP contribution in [0.15, 0.2) is 18.2 Å². The number of amides is 1. The van der Waals surface area contributed by atoms with Crippen molar-refractivity contribution < 1.29 is 27.1 Å². The van der Waals surface area contributed by atoms with Crippen LogP contribution in [0.1, 0.15) is 6.42 Å². The topological polar surface area (TPSA) is 50.4 Å². The molecule has 0 fully saturated rings. The summed E-state index contributed by atoms with van der Waals surface area (Å²) in [6.07, 6.45) is -4.41. The number of carbonyl (C=O) groups excluding carboxylic acids is 1. The molecular weight excluding hydrogens is 280 g/mol. The number of hydrogen-bond acceptors (Lipinski definition) is 3. The lowest BCUT2D eigenvalue weighted by Gasteiger charge is -2.14. The number of anilines is 1. The fraction of sp³-hybridized carbons (Fsp3) is 0.417. The van der Waals surface area contributed by atoms with Crippen molar-refractivity contribution >= 4 is 11.6 Å². The van der Waals surface area contributed by atoms with E-state index in [1.807, 2.05) is 0 Å². The molecule has 20 heavy (non-hydrogen) atoms. The Labute approximate surface area is 113 Å². The summed E-state index contributed by atoms with van der Waals surface area (Å²) in [6.45, 7) is -1.13. The van der Waals surface area contributed by atoms with Crippen molar-refractivity contribution in [2.75, 3.05) is 25.5 Å². The highest BCUT2D eigenvalue weighted by Crippen LogP contribution is 2.27. The molecule has 0 unspecified atom stereocenters. The molecule has 0 aromatic heterocycles. The average molecular weight is 294 g/mol. The van der Waals surface area contributed by atoms with E-state index < -0.39 is 24.5 Å². The SMILES string of the molecule is CNCCC(=O)Nc1cc(F)ccc1OCC(F)(F)F. The van der Waals surface area contributed by atoms with Crippen LogP contribution in [0.4, 0.5) is 23.2 Å². The van der Waals surface area contributed by atoms with Gasteiger partial charge < -0.3 is 15.4 Å². The molecule has 0 saturated heterocycles. The molecule has 112 valence electrons. The molecule has 4 nitrogen and oxygen atoms in total. The fourth-order valence-corrected chi connectivity index (χ4v) is 1.34. The van der Waals surface area contributed by atoms with Crippen LogP contribution >= 0.6 is 0 Å². The number of alkyl halides is 3. The molecule has 8 heteroatoms. The van der Waals surface area contributed by atoms with Gasteiger partial charge in [0.2, 0.25) is 5.91 Å². The summed E-state index contributed by atoms with van der Waals surface area (Å²) in [5.41, 5.74) is -0.129. The van der Waals surface area contributed by atoms with Crippen LogP contribution in [0.5, 0.6) is 5.75 Å². The van der Waals surface area contributed by atoms with Crippen LogP contribution in [0.3, 0.4) is 0 Å². The summed E-state index contributed by atoms with van der Waals surface area (Å²) in [5.74, 6) is -1.38. The summed E-state index contributed by atoms with van der Waals surface area (Å²) in [5, 5.41) is 5.05. The predicted octanol–water partition coefficient (Wildman–Crippen LogP) is 2.31. The van der Waals surface area contributed by atoms with Crippen molar-refractivity contribution in [3.05, 3.63) is 24.0 Å². The van der Waals surface area contributed by atoms with E-state index in [-0.39, 0.29) is 17.9 Å². The van der Waals surface area contributed by atoms with E-state index in [1.165, 1.54) is 0 Å². The molecular formula is C12H14F4N2O2. The van der Waals surface area contributed by atoms with Gasteiger partial charge in [0.25, 0.3) is 0 Å². The molecule has 0 aliphatic heterocycles. The van der Waals surface area contributed by atoms with Gasteiger partial charge in [-0.3, -0.25) is 4.79 Å². The van der Waals surface area contributed by atoms with Crippen LogP contribution < -0.4 is 15.4 Å². The summed E-state index contributed by atoms with van der Waals surface area (Å²) in [4.78, 5) is 11.5. The summed E-state index contributed by atoms with van der Waals surface area (Å²) in [7, 11) is 1.65. The van der Waals surface area contributed by atoms with E-state index in [9.17, 15) is 22.4 Å². The molecule has 0 atom stereocenters.